The molecule has 3 heterocycles. The lowest BCUT2D eigenvalue weighted by Crippen LogP contribution is -2.31. The zero-order chi connectivity index (χ0) is 30.5. The van der Waals surface area contributed by atoms with Crippen LogP contribution in [0.4, 0.5) is 11.4 Å². The summed E-state index contributed by atoms with van der Waals surface area (Å²) in [5, 5.41) is 12.9. The number of fused-ring (bicyclic) bond motifs is 1. The Kier molecular flexibility index (Phi) is 8.12. The Balaban J connectivity index is 1.33. The molecule has 3 aromatic carbocycles. The Hall–Kier alpha value is -5.79. The van der Waals surface area contributed by atoms with Crippen molar-refractivity contribution in [2.45, 2.75) is 13.1 Å². The lowest BCUT2D eigenvalue weighted by Gasteiger charge is -2.24. The van der Waals surface area contributed by atoms with Crippen LogP contribution in [-0.2, 0) is 13.1 Å². The molecule has 0 saturated carbocycles. The van der Waals surface area contributed by atoms with Crippen molar-refractivity contribution in [3.05, 3.63) is 137 Å². The minimum Gasteiger partial charge on any atom is -0.497 e. The van der Waals surface area contributed by atoms with E-state index in [0.717, 1.165) is 21.3 Å². The highest BCUT2D eigenvalue weighted by molar-refractivity contribution is 7.20. The molecular formula is C34H26N6O3S. The number of amides is 2. The summed E-state index contributed by atoms with van der Waals surface area (Å²) in [5.41, 5.74) is 4.24. The Labute approximate surface area is 257 Å². The van der Waals surface area contributed by atoms with Crippen molar-refractivity contribution in [2.24, 2.45) is 0 Å². The molecule has 0 bridgehead atoms. The molecule has 44 heavy (non-hydrogen) atoms. The fourth-order valence-electron chi connectivity index (χ4n) is 4.80. The zero-order valence-corrected chi connectivity index (χ0v) is 24.5. The summed E-state index contributed by atoms with van der Waals surface area (Å²) in [6, 6.07) is 27.6. The minimum atomic E-state index is -0.213. The number of benzene rings is 3. The molecule has 9 nitrogen and oxygen atoms in total. The first-order valence-corrected chi connectivity index (χ1v) is 14.5. The summed E-state index contributed by atoms with van der Waals surface area (Å²) < 4.78 is 8.29. The van der Waals surface area contributed by atoms with Crippen LogP contribution in [0.5, 0.6) is 5.75 Å². The van der Waals surface area contributed by atoms with Crippen LogP contribution >= 0.6 is 11.3 Å². The van der Waals surface area contributed by atoms with Gasteiger partial charge >= 0.3 is 0 Å². The van der Waals surface area contributed by atoms with E-state index in [2.05, 4.69) is 21.4 Å². The number of anilines is 2. The van der Waals surface area contributed by atoms with Crippen LogP contribution in [0.25, 0.3) is 10.1 Å². The summed E-state index contributed by atoms with van der Waals surface area (Å²) in [4.78, 5) is 37.7. The predicted molar refractivity (Wildman–Crippen MR) is 170 cm³/mol. The van der Waals surface area contributed by atoms with Gasteiger partial charge in [-0.2, -0.15) is 5.26 Å². The standard InChI is InChI=1S/C34H26N6O3S/c1-43-30-4-2-3-25(16-30)34(42)40(21-29-19-37-22-39(29)20-24-7-5-23(18-35)6-8-24)28-9-10-31-26(15-28)17-32(44-31)33(41)38-27-11-13-36-14-12-27/h2-17,19,22H,20-21H2,1H3,(H,36,38,41). The Morgan fingerprint density at radius 1 is 1.00 bits per heavy atom. The molecule has 216 valence electrons. The fourth-order valence-corrected chi connectivity index (χ4v) is 5.73. The maximum Gasteiger partial charge on any atom is 0.265 e. The summed E-state index contributed by atoms with van der Waals surface area (Å²) in [6.45, 7) is 0.777. The van der Waals surface area contributed by atoms with Gasteiger partial charge < -0.3 is 19.5 Å². The highest BCUT2D eigenvalue weighted by atomic mass is 32.1. The van der Waals surface area contributed by atoms with Crippen molar-refractivity contribution >= 4 is 44.6 Å². The summed E-state index contributed by atoms with van der Waals surface area (Å²) >= 11 is 1.38. The first-order chi connectivity index (χ1) is 21.5. The molecule has 0 atom stereocenters. The van der Waals surface area contributed by atoms with Crippen LogP contribution < -0.4 is 15.0 Å². The minimum absolute atomic E-state index is 0.208. The van der Waals surface area contributed by atoms with Crippen LogP contribution in [0, 0.1) is 11.3 Å². The highest BCUT2D eigenvalue weighted by Crippen LogP contribution is 2.32. The summed E-state index contributed by atoms with van der Waals surface area (Å²) in [6.07, 6.45) is 6.73. The number of ether oxygens (including phenoxy) is 1. The summed E-state index contributed by atoms with van der Waals surface area (Å²) in [7, 11) is 1.57. The Morgan fingerprint density at radius 2 is 1.82 bits per heavy atom. The van der Waals surface area contributed by atoms with E-state index in [4.69, 9.17) is 10.00 Å². The molecule has 10 heteroatoms. The van der Waals surface area contributed by atoms with Gasteiger partial charge in [-0.1, -0.05) is 18.2 Å². The zero-order valence-electron chi connectivity index (χ0n) is 23.7. The number of pyridine rings is 1. The quantitative estimate of drug-likeness (QED) is 0.203. The maximum absolute atomic E-state index is 14.1. The van der Waals surface area contributed by atoms with E-state index >= 15 is 0 Å². The SMILES string of the molecule is COc1cccc(C(=O)N(Cc2cncn2Cc2ccc(C#N)cc2)c2ccc3sc(C(=O)Nc4ccncc4)cc3c2)c1. The van der Waals surface area contributed by atoms with Gasteiger partial charge in [0.05, 0.1) is 42.2 Å². The molecule has 6 rings (SSSR count). The van der Waals surface area contributed by atoms with Crippen LogP contribution in [-0.4, -0.2) is 33.5 Å². The lowest BCUT2D eigenvalue weighted by atomic mass is 10.1. The Bertz CT molecular complexity index is 1990. The van der Waals surface area contributed by atoms with E-state index in [1.807, 2.05) is 41.0 Å². The molecule has 0 saturated heterocycles. The van der Waals surface area contributed by atoms with Gasteiger partial charge in [-0.25, -0.2) is 4.98 Å². The Morgan fingerprint density at radius 3 is 2.59 bits per heavy atom. The highest BCUT2D eigenvalue weighted by Gasteiger charge is 2.22. The predicted octanol–water partition coefficient (Wildman–Crippen LogP) is 6.52. The third-order valence-corrected chi connectivity index (χ3v) is 8.20. The number of rotatable bonds is 9. The third-order valence-electron chi connectivity index (χ3n) is 7.09. The van der Waals surface area contributed by atoms with Gasteiger partial charge in [0.2, 0.25) is 0 Å². The lowest BCUT2D eigenvalue weighted by molar-refractivity contribution is 0.0983. The molecular weight excluding hydrogens is 572 g/mol. The third kappa shape index (κ3) is 6.18. The van der Waals surface area contributed by atoms with Gasteiger partial charge in [0.15, 0.2) is 0 Å². The molecule has 0 aliphatic heterocycles. The van der Waals surface area contributed by atoms with Crippen LogP contribution in [0.15, 0.2) is 110 Å². The number of imidazole rings is 1. The number of nitrogens with one attached hydrogen (secondary N) is 1. The molecule has 3 aromatic heterocycles. The molecule has 6 aromatic rings. The molecule has 0 fully saturated rings. The van der Waals surface area contributed by atoms with Crippen molar-refractivity contribution in [1.29, 1.82) is 5.26 Å². The normalized spacial score (nSPS) is 10.7. The second kappa shape index (κ2) is 12.6. The van der Waals surface area contributed by atoms with Gasteiger partial charge in [-0.15, -0.1) is 11.3 Å². The molecule has 1 N–H and O–H groups in total. The average Bonchev–Trinajstić information content (AvgIpc) is 3.70. The second-order valence-corrected chi connectivity index (χ2v) is 11.1. The number of nitrogens with zero attached hydrogens (tertiary/aromatic N) is 5. The van der Waals surface area contributed by atoms with Gasteiger partial charge in [0.1, 0.15) is 5.75 Å². The number of aromatic nitrogens is 3. The smallest absolute Gasteiger partial charge is 0.265 e. The number of thiophene rings is 1. The largest absolute Gasteiger partial charge is 0.497 e. The summed E-state index contributed by atoms with van der Waals surface area (Å²) in [5.74, 6) is 0.162. The number of carbonyl (C=O) groups excluding carboxylic acids is 2. The van der Waals surface area contributed by atoms with Crippen molar-refractivity contribution in [1.82, 2.24) is 14.5 Å². The molecule has 0 radical (unpaired) electrons. The second-order valence-electron chi connectivity index (χ2n) is 9.97. The first kappa shape index (κ1) is 28.3. The van der Waals surface area contributed by atoms with Gasteiger partial charge in [-0.3, -0.25) is 14.6 Å². The first-order valence-electron chi connectivity index (χ1n) is 13.7. The van der Waals surface area contributed by atoms with Crippen molar-refractivity contribution in [3.63, 3.8) is 0 Å². The number of hydrogen-bond donors (Lipinski definition) is 1. The van der Waals surface area contributed by atoms with Crippen molar-refractivity contribution < 1.29 is 14.3 Å². The number of carbonyl (C=O) groups is 2. The number of nitriles is 1. The topological polar surface area (TPSA) is 113 Å². The van der Waals surface area contributed by atoms with Gasteiger partial charge in [0.25, 0.3) is 11.8 Å². The van der Waals surface area contributed by atoms with E-state index in [0.29, 0.717) is 39.7 Å². The van der Waals surface area contributed by atoms with E-state index in [9.17, 15) is 9.59 Å². The van der Waals surface area contributed by atoms with Crippen LogP contribution in [0.2, 0.25) is 0 Å². The molecule has 0 unspecified atom stereocenters. The fraction of sp³-hybridized carbons (Fsp3) is 0.0882. The van der Waals surface area contributed by atoms with E-state index in [1.54, 1.807) is 85.5 Å². The van der Waals surface area contributed by atoms with E-state index in [-0.39, 0.29) is 18.4 Å². The molecule has 0 aliphatic rings. The molecule has 0 spiro atoms. The molecule has 2 amide bonds. The van der Waals surface area contributed by atoms with Gasteiger partial charge in [-0.05, 0) is 77.7 Å². The van der Waals surface area contributed by atoms with Crippen LogP contribution in [0.3, 0.4) is 0 Å². The number of methoxy groups -OCH3 is 1. The maximum atomic E-state index is 14.1. The van der Waals surface area contributed by atoms with Crippen molar-refractivity contribution in [2.75, 3.05) is 17.3 Å². The van der Waals surface area contributed by atoms with E-state index < -0.39 is 0 Å². The molecule has 0 aliphatic carbocycles. The average molecular weight is 599 g/mol. The van der Waals surface area contributed by atoms with Gasteiger partial charge in [0, 0.05) is 46.8 Å². The van der Waals surface area contributed by atoms with Crippen LogP contribution in [0.1, 0.15) is 36.9 Å². The number of hydrogen-bond acceptors (Lipinski definition) is 7. The van der Waals surface area contributed by atoms with E-state index in [1.165, 1.54) is 11.3 Å². The van der Waals surface area contributed by atoms with Crippen molar-refractivity contribution in [3.8, 4) is 11.8 Å². The monoisotopic (exact) mass is 598 g/mol.